The van der Waals surface area contributed by atoms with E-state index in [2.05, 4.69) is 10.2 Å². The first-order valence-electron chi connectivity index (χ1n) is 3.72. The van der Waals surface area contributed by atoms with Gasteiger partial charge in [0.2, 0.25) is 5.43 Å². The van der Waals surface area contributed by atoms with Crippen LogP contribution in [0.5, 0.6) is 0 Å². The summed E-state index contributed by atoms with van der Waals surface area (Å²) in [7, 11) is 0. The summed E-state index contributed by atoms with van der Waals surface area (Å²) in [5, 5.41) is 6.07. The smallest absolute Gasteiger partial charge is 0.231 e. The summed E-state index contributed by atoms with van der Waals surface area (Å²) >= 11 is 5.52. The molecule has 0 saturated carbocycles. The Morgan fingerprint density at radius 2 is 2.21 bits per heavy atom. The standard InChI is InChI=1S/C8H5ClFN3O/c9-4-1-3-6(2-5(4)10)12-13-8(11)7(3)14/h1-2H,(H2,11,13)(H,12,14). The van der Waals surface area contributed by atoms with E-state index >= 15 is 0 Å². The fourth-order valence-electron chi connectivity index (χ4n) is 1.14. The highest BCUT2D eigenvalue weighted by Gasteiger charge is 2.07. The first-order valence-corrected chi connectivity index (χ1v) is 4.10. The summed E-state index contributed by atoms with van der Waals surface area (Å²) in [6.07, 6.45) is 0. The van der Waals surface area contributed by atoms with E-state index in [1.807, 2.05) is 0 Å². The van der Waals surface area contributed by atoms with Crippen LogP contribution in [0.25, 0.3) is 10.9 Å². The maximum absolute atomic E-state index is 13.0. The average molecular weight is 214 g/mol. The van der Waals surface area contributed by atoms with Crippen LogP contribution in [0.4, 0.5) is 10.2 Å². The van der Waals surface area contributed by atoms with Crippen molar-refractivity contribution in [1.29, 1.82) is 0 Å². The van der Waals surface area contributed by atoms with Crippen molar-refractivity contribution in [1.82, 2.24) is 10.2 Å². The minimum atomic E-state index is -0.610. The average Bonchev–Trinajstić information content (AvgIpc) is 2.15. The Bertz CT molecular complexity index is 566. The second-order valence-electron chi connectivity index (χ2n) is 2.75. The van der Waals surface area contributed by atoms with Crippen LogP contribution in [-0.4, -0.2) is 10.2 Å². The predicted molar refractivity (Wildman–Crippen MR) is 51.7 cm³/mol. The van der Waals surface area contributed by atoms with Gasteiger partial charge in [-0.3, -0.25) is 9.89 Å². The molecule has 0 bridgehead atoms. The SMILES string of the molecule is Nc1n[nH]c2cc(F)c(Cl)cc2c1=O. The van der Waals surface area contributed by atoms with E-state index in [0.717, 1.165) is 6.07 Å². The fraction of sp³-hybridized carbons (Fsp3) is 0. The maximum atomic E-state index is 13.0. The Labute approximate surface area is 82.5 Å². The number of nitrogens with two attached hydrogens (primary N) is 1. The normalized spacial score (nSPS) is 10.7. The Balaban J connectivity index is 2.97. The highest BCUT2D eigenvalue weighted by Crippen LogP contribution is 2.19. The topological polar surface area (TPSA) is 71.8 Å². The van der Waals surface area contributed by atoms with Crippen LogP contribution >= 0.6 is 11.6 Å². The molecule has 0 aliphatic rings. The molecule has 72 valence electrons. The Morgan fingerprint density at radius 1 is 1.50 bits per heavy atom. The zero-order valence-electron chi connectivity index (χ0n) is 6.84. The molecular formula is C8H5ClFN3O. The number of aromatic amines is 1. The van der Waals surface area contributed by atoms with E-state index in [1.165, 1.54) is 6.07 Å². The maximum Gasteiger partial charge on any atom is 0.231 e. The summed E-state index contributed by atoms with van der Waals surface area (Å²) in [5.74, 6) is -0.776. The van der Waals surface area contributed by atoms with Crippen molar-refractivity contribution in [3.8, 4) is 0 Å². The van der Waals surface area contributed by atoms with Gasteiger partial charge in [0.1, 0.15) is 5.82 Å². The Kier molecular flexibility index (Phi) is 1.89. The quantitative estimate of drug-likeness (QED) is 0.693. The lowest BCUT2D eigenvalue weighted by Gasteiger charge is -1.99. The number of aromatic nitrogens is 2. The summed E-state index contributed by atoms with van der Waals surface area (Å²) < 4.78 is 13.0. The van der Waals surface area contributed by atoms with E-state index < -0.39 is 11.2 Å². The molecular weight excluding hydrogens is 209 g/mol. The number of rotatable bonds is 0. The van der Waals surface area contributed by atoms with Crippen LogP contribution < -0.4 is 11.2 Å². The van der Waals surface area contributed by atoms with Gasteiger partial charge in [-0.1, -0.05) is 11.6 Å². The molecule has 14 heavy (non-hydrogen) atoms. The zero-order chi connectivity index (χ0) is 10.3. The number of halogens is 2. The molecule has 2 rings (SSSR count). The van der Waals surface area contributed by atoms with Crippen molar-refractivity contribution >= 4 is 28.3 Å². The second-order valence-corrected chi connectivity index (χ2v) is 3.16. The molecule has 0 aliphatic heterocycles. The fourth-order valence-corrected chi connectivity index (χ4v) is 1.30. The van der Waals surface area contributed by atoms with Crippen molar-refractivity contribution in [2.24, 2.45) is 0 Å². The molecule has 0 unspecified atom stereocenters. The van der Waals surface area contributed by atoms with Gasteiger partial charge in [0, 0.05) is 6.07 Å². The first kappa shape index (κ1) is 8.96. The van der Waals surface area contributed by atoms with Crippen LogP contribution in [0, 0.1) is 5.82 Å². The minimum Gasteiger partial charge on any atom is -0.379 e. The number of hydrogen-bond donors (Lipinski definition) is 2. The number of nitrogen functional groups attached to an aromatic ring is 1. The van der Waals surface area contributed by atoms with Gasteiger partial charge in [-0.25, -0.2) is 4.39 Å². The largest absolute Gasteiger partial charge is 0.379 e. The summed E-state index contributed by atoms with van der Waals surface area (Å²) in [5.41, 5.74) is 5.09. The van der Waals surface area contributed by atoms with E-state index in [1.54, 1.807) is 0 Å². The summed E-state index contributed by atoms with van der Waals surface area (Å²) in [4.78, 5) is 11.4. The monoisotopic (exact) mass is 213 g/mol. The highest BCUT2D eigenvalue weighted by atomic mass is 35.5. The van der Waals surface area contributed by atoms with Crippen molar-refractivity contribution < 1.29 is 4.39 Å². The molecule has 0 saturated heterocycles. The number of benzene rings is 1. The third-order valence-electron chi connectivity index (χ3n) is 1.83. The molecule has 0 aliphatic carbocycles. The van der Waals surface area contributed by atoms with Crippen LogP contribution in [0.2, 0.25) is 5.02 Å². The molecule has 1 aromatic carbocycles. The van der Waals surface area contributed by atoms with E-state index in [9.17, 15) is 9.18 Å². The van der Waals surface area contributed by atoms with Gasteiger partial charge in [0.05, 0.1) is 15.9 Å². The van der Waals surface area contributed by atoms with Crippen LogP contribution in [-0.2, 0) is 0 Å². The zero-order valence-corrected chi connectivity index (χ0v) is 7.60. The summed E-state index contributed by atoms with van der Waals surface area (Å²) in [6.45, 7) is 0. The predicted octanol–water partition coefficient (Wildman–Crippen LogP) is 1.30. The number of fused-ring (bicyclic) bond motifs is 1. The van der Waals surface area contributed by atoms with E-state index in [4.69, 9.17) is 17.3 Å². The lowest BCUT2D eigenvalue weighted by molar-refractivity contribution is 0.629. The molecule has 1 heterocycles. The number of H-pyrrole nitrogens is 1. The number of nitrogens with zero attached hydrogens (tertiary/aromatic N) is 1. The van der Waals surface area contributed by atoms with Gasteiger partial charge in [0.15, 0.2) is 5.82 Å². The third-order valence-corrected chi connectivity index (χ3v) is 2.12. The number of nitrogens with one attached hydrogen (secondary N) is 1. The van der Waals surface area contributed by atoms with Gasteiger partial charge in [-0.2, -0.15) is 5.10 Å². The van der Waals surface area contributed by atoms with Gasteiger partial charge in [0.25, 0.3) is 0 Å². The van der Waals surface area contributed by atoms with Crippen LogP contribution in [0.15, 0.2) is 16.9 Å². The molecule has 0 atom stereocenters. The molecule has 2 aromatic rings. The van der Waals surface area contributed by atoms with E-state index in [0.29, 0.717) is 0 Å². The molecule has 0 fully saturated rings. The van der Waals surface area contributed by atoms with Crippen molar-refractivity contribution in [2.75, 3.05) is 5.73 Å². The molecule has 0 radical (unpaired) electrons. The summed E-state index contributed by atoms with van der Waals surface area (Å²) in [6, 6.07) is 2.33. The molecule has 0 spiro atoms. The lowest BCUT2D eigenvalue weighted by atomic mass is 10.2. The first-order chi connectivity index (χ1) is 6.59. The molecule has 3 N–H and O–H groups in total. The molecule has 1 aromatic heterocycles. The van der Waals surface area contributed by atoms with Crippen LogP contribution in [0.1, 0.15) is 0 Å². The number of hydrogen-bond acceptors (Lipinski definition) is 3. The molecule has 0 amide bonds. The minimum absolute atomic E-state index is 0.117. The Morgan fingerprint density at radius 3 is 2.93 bits per heavy atom. The molecule has 4 nitrogen and oxygen atoms in total. The van der Waals surface area contributed by atoms with Crippen molar-refractivity contribution in [3.05, 3.63) is 33.2 Å². The van der Waals surface area contributed by atoms with E-state index in [-0.39, 0.29) is 21.7 Å². The second kappa shape index (κ2) is 2.95. The highest BCUT2D eigenvalue weighted by molar-refractivity contribution is 6.31. The van der Waals surface area contributed by atoms with Gasteiger partial charge in [-0.05, 0) is 6.07 Å². The van der Waals surface area contributed by atoms with Crippen LogP contribution in [0.3, 0.4) is 0 Å². The van der Waals surface area contributed by atoms with Crippen molar-refractivity contribution in [2.45, 2.75) is 0 Å². The van der Waals surface area contributed by atoms with Gasteiger partial charge < -0.3 is 5.73 Å². The number of anilines is 1. The van der Waals surface area contributed by atoms with Gasteiger partial charge in [-0.15, -0.1) is 0 Å². The van der Waals surface area contributed by atoms with Gasteiger partial charge >= 0.3 is 0 Å². The van der Waals surface area contributed by atoms with Crippen molar-refractivity contribution in [3.63, 3.8) is 0 Å². The molecule has 6 heteroatoms. The lowest BCUT2D eigenvalue weighted by Crippen LogP contribution is -2.12. The third kappa shape index (κ3) is 1.22. The Hall–Kier alpha value is -1.62.